The van der Waals surface area contributed by atoms with Gasteiger partial charge in [-0.15, -0.1) is 0 Å². The van der Waals surface area contributed by atoms with Crippen molar-refractivity contribution in [3.63, 3.8) is 0 Å². The first kappa shape index (κ1) is 18.4. The second-order valence-electron chi connectivity index (χ2n) is 6.62. The Hall–Kier alpha value is -2.37. The number of nitrogens with one attached hydrogen (secondary N) is 1. The second kappa shape index (κ2) is 9.36. The molecule has 1 aliphatic rings. The highest BCUT2D eigenvalue weighted by Gasteiger charge is 2.21. The van der Waals surface area contributed by atoms with E-state index in [1.807, 2.05) is 37.3 Å². The first-order chi connectivity index (χ1) is 12.7. The van der Waals surface area contributed by atoms with Gasteiger partial charge in [-0.05, 0) is 24.6 Å². The smallest absolute Gasteiger partial charge is 0.258 e. The van der Waals surface area contributed by atoms with Crippen LogP contribution in [0.25, 0.3) is 0 Å². The lowest BCUT2D eigenvalue weighted by molar-refractivity contribution is -0.124. The number of ether oxygens (including phenoxy) is 2. The molecule has 2 aromatic rings. The highest BCUT2D eigenvalue weighted by Crippen LogP contribution is 2.12. The molecule has 2 aromatic carbocycles. The minimum atomic E-state index is -0.130. The van der Waals surface area contributed by atoms with Crippen molar-refractivity contribution in [2.75, 3.05) is 32.8 Å². The maximum atomic E-state index is 12.0. The van der Waals surface area contributed by atoms with Crippen molar-refractivity contribution in [1.82, 2.24) is 10.2 Å². The molecule has 0 aromatic heterocycles. The van der Waals surface area contributed by atoms with E-state index in [2.05, 4.69) is 34.5 Å². The van der Waals surface area contributed by atoms with Crippen molar-refractivity contribution in [3.8, 4) is 5.75 Å². The Morgan fingerprint density at radius 1 is 1.19 bits per heavy atom. The van der Waals surface area contributed by atoms with E-state index >= 15 is 0 Å². The Kier molecular flexibility index (Phi) is 6.63. The van der Waals surface area contributed by atoms with E-state index in [-0.39, 0.29) is 18.6 Å². The zero-order chi connectivity index (χ0) is 18.2. The van der Waals surface area contributed by atoms with Crippen LogP contribution in [0.4, 0.5) is 0 Å². The molecule has 1 unspecified atom stereocenters. The number of nitrogens with zero attached hydrogens (tertiary/aromatic N) is 1. The number of morpholine rings is 1. The van der Waals surface area contributed by atoms with Gasteiger partial charge in [0.15, 0.2) is 6.61 Å². The van der Waals surface area contributed by atoms with E-state index in [1.165, 1.54) is 5.56 Å². The Balaban J connectivity index is 1.38. The van der Waals surface area contributed by atoms with Crippen LogP contribution in [0.15, 0.2) is 54.6 Å². The summed E-state index contributed by atoms with van der Waals surface area (Å²) in [5, 5.41) is 2.90. The van der Waals surface area contributed by atoms with Crippen LogP contribution in [0.3, 0.4) is 0 Å². The molecule has 26 heavy (non-hydrogen) atoms. The molecule has 1 saturated heterocycles. The Morgan fingerprint density at radius 3 is 2.73 bits per heavy atom. The third kappa shape index (κ3) is 5.86. The third-order valence-electron chi connectivity index (χ3n) is 4.39. The summed E-state index contributed by atoms with van der Waals surface area (Å²) in [5.41, 5.74) is 2.46. The number of carbonyl (C=O) groups is 1. The van der Waals surface area contributed by atoms with Crippen molar-refractivity contribution in [2.24, 2.45) is 0 Å². The van der Waals surface area contributed by atoms with Gasteiger partial charge in [0.2, 0.25) is 0 Å². The number of aryl methyl sites for hydroxylation is 1. The summed E-state index contributed by atoms with van der Waals surface area (Å²) in [4.78, 5) is 14.4. The van der Waals surface area contributed by atoms with Crippen LogP contribution in [0.2, 0.25) is 0 Å². The van der Waals surface area contributed by atoms with Gasteiger partial charge in [-0.2, -0.15) is 0 Å². The van der Waals surface area contributed by atoms with Gasteiger partial charge < -0.3 is 14.8 Å². The van der Waals surface area contributed by atoms with E-state index < -0.39 is 0 Å². The summed E-state index contributed by atoms with van der Waals surface area (Å²) in [6.07, 6.45) is 0.00999. The molecule has 0 bridgehead atoms. The largest absolute Gasteiger partial charge is 0.484 e. The number of hydrogen-bond donors (Lipinski definition) is 1. The predicted octanol–water partition coefficient (Wildman–Crippen LogP) is 2.39. The first-order valence-corrected chi connectivity index (χ1v) is 9.03. The molecule has 3 rings (SSSR count). The van der Waals surface area contributed by atoms with Crippen molar-refractivity contribution in [3.05, 3.63) is 65.7 Å². The molecule has 5 heteroatoms. The molecule has 5 nitrogen and oxygen atoms in total. The molecule has 1 atom stereocenters. The molecule has 0 spiro atoms. The molecule has 1 N–H and O–H groups in total. The summed E-state index contributed by atoms with van der Waals surface area (Å²) in [5.74, 6) is 0.572. The van der Waals surface area contributed by atoms with E-state index in [0.717, 1.165) is 25.2 Å². The average molecular weight is 354 g/mol. The second-order valence-corrected chi connectivity index (χ2v) is 6.62. The fraction of sp³-hybridized carbons (Fsp3) is 0.381. The number of carbonyl (C=O) groups excluding carboxylic acids is 1. The summed E-state index contributed by atoms with van der Waals surface area (Å²) in [6.45, 7) is 5.86. The molecule has 0 radical (unpaired) electrons. The van der Waals surface area contributed by atoms with Gasteiger partial charge >= 0.3 is 0 Å². The van der Waals surface area contributed by atoms with Gasteiger partial charge in [0.1, 0.15) is 5.75 Å². The molecule has 1 heterocycles. The fourth-order valence-electron chi connectivity index (χ4n) is 2.95. The maximum Gasteiger partial charge on any atom is 0.258 e. The summed E-state index contributed by atoms with van der Waals surface area (Å²) >= 11 is 0. The summed E-state index contributed by atoms with van der Waals surface area (Å²) in [7, 11) is 0. The van der Waals surface area contributed by atoms with E-state index in [1.54, 1.807) is 0 Å². The standard InChI is InChI=1S/C21H26N2O3/c1-17-7-9-19(10-8-17)26-16-21(24)22-13-20-15-23(11-12-25-20)14-18-5-3-2-4-6-18/h2-10,20H,11-16H2,1H3,(H,22,24). The van der Waals surface area contributed by atoms with Crippen LogP contribution in [0.1, 0.15) is 11.1 Å². The molecular formula is C21H26N2O3. The van der Waals surface area contributed by atoms with Crippen molar-refractivity contribution in [2.45, 2.75) is 19.6 Å². The third-order valence-corrected chi connectivity index (χ3v) is 4.39. The van der Waals surface area contributed by atoms with Gasteiger partial charge in [0.25, 0.3) is 5.91 Å². The summed E-state index contributed by atoms with van der Waals surface area (Å²) < 4.78 is 11.3. The van der Waals surface area contributed by atoms with Crippen LogP contribution < -0.4 is 10.1 Å². The van der Waals surface area contributed by atoms with Gasteiger partial charge in [-0.25, -0.2) is 0 Å². The fourth-order valence-corrected chi connectivity index (χ4v) is 2.95. The normalized spacial score (nSPS) is 17.7. The molecule has 1 fully saturated rings. The minimum absolute atomic E-state index is 0.00999. The highest BCUT2D eigenvalue weighted by atomic mass is 16.5. The molecular weight excluding hydrogens is 328 g/mol. The van der Waals surface area contributed by atoms with Crippen molar-refractivity contribution in [1.29, 1.82) is 0 Å². The molecule has 0 saturated carbocycles. The van der Waals surface area contributed by atoms with E-state index in [9.17, 15) is 4.79 Å². The average Bonchev–Trinajstić information content (AvgIpc) is 2.67. The SMILES string of the molecule is Cc1ccc(OCC(=O)NCC2CN(Cc3ccccc3)CCO2)cc1. The topological polar surface area (TPSA) is 50.8 Å². The lowest BCUT2D eigenvalue weighted by Gasteiger charge is -2.33. The summed E-state index contributed by atoms with van der Waals surface area (Å²) in [6, 6.07) is 18.1. The molecule has 1 amide bonds. The van der Waals surface area contributed by atoms with Crippen LogP contribution in [-0.2, 0) is 16.1 Å². The lowest BCUT2D eigenvalue weighted by Crippen LogP contribution is -2.47. The van der Waals surface area contributed by atoms with Crippen LogP contribution >= 0.6 is 0 Å². The van der Waals surface area contributed by atoms with Crippen LogP contribution in [0, 0.1) is 6.92 Å². The number of hydrogen-bond acceptors (Lipinski definition) is 4. The molecule has 138 valence electrons. The monoisotopic (exact) mass is 354 g/mol. The predicted molar refractivity (Wildman–Crippen MR) is 101 cm³/mol. The number of amides is 1. The van der Waals surface area contributed by atoms with Crippen LogP contribution in [0.5, 0.6) is 5.75 Å². The van der Waals surface area contributed by atoms with E-state index in [4.69, 9.17) is 9.47 Å². The van der Waals surface area contributed by atoms with Gasteiger partial charge in [0, 0.05) is 26.2 Å². The van der Waals surface area contributed by atoms with Gasteiger partial charge in [-0.3, -0.25) is 9.69 Å². The van der Waals surface area contributed by atoms with E-state index in [0.29, 0.717) is 18.9 Å². The maximum absolute atomic E-state index is 12.0. The minimum Gasteiger partial charge on any atom is -0.484 e. The van der Waals surface area contributed by atoms with Gasteiger partial charge in [-0.1, -0.05) is 48.0 Å². The van der Waals surface area contributed by atoms with Crippen LogP contribution in [-0.4, -0.2) is 49.8 Å². The molecule has 0 aliphatic carbocycles. The Labute approximate surface area is 154 Å². The first-order valence-electron chi connectivity index (χ1n) is 9.03. The Bertz CT molecular complexity index is 688. The van der Waals surface area contributed by atoms with Crippen molar-refractivity contribution < 1.29 is 14.3 Å². The zero-order valence-corrected chi connectivity index (χ0v) is 15.2. The molecule has 1 aliphatic heterocycles. The number of rotatable bonds is 7. The number of benzene rings is 2. The quantitative estimate of drug-likeness (QED) is 0.830. The Morgan fingerprint density at radius 2 is 1.96 bits per heavy atom. The van der Waals surface area contributed by atoms with Crippen molar-refractivity contribution >= 4 is 5.91 Å². The highest BCUT2D eigenvalue weighted by molar-refractivity contribution is 5.77. The zero-order valence-electron chi connectivity index (χ0n) is 15.2. The van der Waals surface area contributed by atoms with Gasteiger partial charge in [0.05, 0.1) is 12.7 Å². The lowest BCUT2D eigenvalue weighted by atomic mass is 10.2.